The number of hydrogen-bond donors (Lipinski definition) is 0. The van der Waals surface area contributed by atoms with E-state index < -0.39 is 0 Å². The molecule has 82 valence electrons. The average molecular weight is 313 g/mol. The van der Waals surface area contributed by atoms with E-state index in [-0.39, 0.29) is 0 Å². The Morgan fingerprint density at radius 3 is 2.88 bits per heavy atom. The van der Waals surface area contributed by atoms with Crippen molar-refractivity contribution in [2.75, 3.05) is 0 Å². The van der Waals surface area contributed by atoms with Crippen LogP contribution in [0.2, 0.25) is 0 Å². The predicted molar refractivity (Wildman–Crippen MR) is 71.8 cm³/mol. The lowest BCUT2D eigenvalue weighted by Crippen LogP contribution is -1.81. The molecule has 0 saturated carbocycles. The minimum atomic E-state index is 0.542. The van der Waals surface area contributed by atoms with Crippen molar-refractivity contribution in [3.8, 4) is 16.6 Å². The molecule has 0 aliphatic carbocycles. The molecule has 16 heavy (non-hydrogen) atoms. The minimum absolute atomic E-state index is 0.542. The molecule has 2 aromatic rings. The highest BCUT2D eigenvalue weighted by atomic mass is 79.9. The smallest absolute Gasteiger partial charge is 0.0945 e. The Bertz CT molecular complexity index is 536. The van der Waals surface area contributed by atoms with Crippen molar-refractivity contribution in [2.24, 2.45) is 0 Å². The van der Waals surface area contributed by atoms with Crippen molar-refractivity contribution in [1.82, 2.24) is 4.98 Å². The number of nitriles is 1. The molecule has 0 N–H and O–H groups in total. The van der Waals surface area contributed by atoms with E-state index in [2.05, 4.69) is 40.0 Å². The summed E-state index contributed by atoms with van der Waals surface area (Å²) in [6.45, 7) is 2.08. The molecular formula is C11H9BrN2S2. The van der Waals surface area contributed by atoms with Crippen molar-refractivity contribution >= 4 is 38.6 Å². The first-order chi connectivity index (χ1) is 7.70. The van der Waals surface area contributed by atoms with E-state index in [0.29, 0.717) is 6.42 Å². The van der Waals surface area contributed by atoms with E-state index in [0.717, 1.165) is 20.9 Å². The van der Waals surface area contributed by atoms with Crippen LogP contribution in [0.3, 0.4) is 0 Å². The summed E-state index contributed by atoms with van der Waals surface area (Å²) >= 11 is 6.83. The second kappa shape index (κ2) is 5.09. The first-order valence-corrected chi connectivity index (χ1v) is 7.22. The summed E-state index contributed by atoms with van der Waals surface area (Å²) in [5.41, 5.74) is 1.06. The van der Waals surface area contributed by atoms with E-state index in [1.165, 1.54) is 9.75 Å². The van der Waals surface area contributed by atoms with E-state index in [4.69, 9.17) is 5.26 Å². The Kier molecular flexibility index (Phi) is 3.74. The van der Waals surface area contributed by atoms with Gasteiger partial charge in [0.2, 0.25) is 0 Å². The van der Waals surface area contributed by atoms with Gasteiger partial charge in [0.05, 0.1) is 25.4 Å². The Balaban J connectivity index is 2.28. The number of thiazole rings is 1. The fraction of sp³-hybridized carbons (Fsp3) is 0.273. The first-order valence-electron chi connectivity index (χ1n) is 4.79. The highest BCUT2D eigenvalue weighted by molar-refractivity contribution is 9.11. The number of halogens is 1. The van der Waals surface area contributed by atoms with Gasteiger partial charge in [0.15, 0.2) is 0 Å². The van der Waals surface area contributed by atoms with Crippen molar-refractivity contribution in [2.45, 2.75) is 19.8 Å². The molecule has 2 heterocycles. The lowest BCUT2D eigenvalue weighted by molar-refractivity contribution is 0.991. The number of aryl methyl sites for hydroxylation is 2. The van der Waals surface area contributed by atoms with Crippen LogP contribution in [0, 0.1) is 18.3 Å². The molecule has 0 bridgehead atoms. The molecule has 5 heteroatoms. The quantitative estimate of drug-likeness (QED) is 0.842. The topological polar surface area (TPSA) is 36.7 Å². The van der Waals surface area contributed by atoms with E-state index >= 15 is 0 Å². The fourth-order valence-corrected chi connectivity index (χ4v) is 3.84. The zero-order chi connectivity index (χ0) is 11.5. The second-order valence-corrected chi connectivity index (χ2v) is 7.03. The van der Waals surface area contributed by atoms with E-state index in [9.17, 15) is 0 Å². The van der Waals surface area contributed by atoms with Gasteiger partial charge in [-0.3, -0.25) is 0 Å². The van der Waals surface area contributed by atoms with Crippen LogP contribution in [0.4, 0.5) is 0 Å². The van der Waals surface area contributed by atoms with Crippen LogP contribution in [0.25, 0.3) is 10.6 Å². The Labute approximate surface area is 111 Å². The third-order valence-corrected chi connectivity index (χ3v) is 4.76. The van der Waals surface area contributed by atoms with Crippen LogP contribution in [0.5, 0.6) is 0 Å². The van der Waals surface area contributed by atoms with Gasteiger partial charge in [-0.15, -0.1) is 22.7 Å². The van der Waals surface area contributed by atoms with Gasteiger partial charge in [-0.05, 0) is 35.0 Å². The first kappa shape index (κ1) is 11.8. The maximum Gasteiger partial charge on any atom is 0.0945 e. The molecule has 0 saturated heterocycles. The summed E-state index contributed by atoms with van der Waals surface area (Å²) in [6, 6.07) is 6.26. The SMILES string of the molecule is Cc1sc(CCC#N)nc1-c1ccc(Br)s1. The van der Waals surface area contributed by atoms with Gasteiger partial charge in [-0.2, -0.15) is 5.26 Å². The summed E-state index contributed by atoms with van der Waals surface area (Å²) in [7, 11) is 0. The molecule has 0 spiro atoms. The predicted octanol–water partition coefficient (Wildman–Crippen LogP) is 4.40. The molecule has 0 atom stereocenters. The van der Waals surface area contributed by atoms with Gasteiger partial charge in [0, 0.05) is 17.7 Å². The Hall–Kier alpha value is -0.700. The lowest BCUT2D eigenvalue weighted by Gasteiger charge is -1.91. The third kappa shape index (κ3) is 2.51. The molecule has 0 aliphatic heterocycles. The van der Waals surface area contributed by atoms with Crippen LogP contribution in [0.1, 0.15) is 16.3 Å². The van der Waals surface area contributed by atoms with Gasteiger partial charge in [0.1, 0.15) is 0 Å². The molecule has 0 amide bonds. The third-order valence-electron chi connectivity index (χ3n) is 2.10. The van der Waals surface area contributed by atoms with Crippen LogP contribution in [-0.4, -0.2) is 4.98 Å². The standard InChI is InChI=1S/C11H9BrN2S2/c1-7-11(8-4-5-9(12)16-8)14-10(15-7)3-2-6-13/h4-5H,2-3H2,1H3. The molecule has 2 nitrogen and oxygen atoms in total. The van der Waals surface area contributed by atoms with Gasteiger partial charge < -0.3 is 0 Å². The number of aromatic nitrogens is 1. The van der Waals surface area contributed by atoms with Crippen LogP contribution in [0.15, 0.2) is 15.9 Å². The number of rotatable bonds is 3. The van der Waals surface area contributed by atoms with Crippen molar-refractivity contribution in [1.29, 1.82) is 5.26 Å². The zero-order valence-electron chi connectivity index (χ0n) is 8.66. The molecule has 0 fully saturated rings. The normalized spacial score (nSPS) is 10.3. The monoisotopic (exact) mass is 312 g/mol. The molecule has 2 aromatic heterocycles. The summed E-state index contributed by atoms with van der Waals surface area (Å²) in [4.78, 5) is 7.00. The van der Waals surface area contributed by atoms with Gasteiger partial charge in [0.25, 0.3) is 0 Å². The fourth-order valence-electron chi connectivity index (χ4n) is 1.39. The van der Waals surface area contributed by atoms with Gasteiger partial charge in [-0.1, -0.05) is 0 Å². The highest BCUT2D eigenvalue weighted by Crippen LogP contribution is 2.34. The number of thiophene rings is 1. The van der Waals surface area contributed by atoms with Crippen LogP contribution in [-0.2, 0) is 6.42 Å². The highest BCUT2D eigenvalue weighted by Gasteiger charge is 2.11. The zero-order valence-corrected chi connectivity index (χ0v) is 11.9. The van der Waals surface area contributed by atoms with E-state index in [1.54, 1.807) is 22.7 Å². The largest absolute Gasteiger partial charge is 0.240 e. The van der Waals surface area contributed by atoms with Crippen LogP contribution >= 0.6 is 38.6 Å². The van der Waals surface area contributed by atoms with Crippen molar-refractivity contribution < 1.29 is 0 Å². The molecule has 0 radical (unpaired) electrons. The second-order valence-electron chi connectivity index (χ2n) is 3.27. The molecular weight excluding hydrogens is 304 g/mol. The summed E-state index contributed by atoms with van der Waals surface area (Å²) in [5.74, 6) is 0. The maximum absolute atomic E-state index is 8.55. The minimum Gasteiger partial charge on any atom is -0.240 e. The maximum atomic E-state index is 8.55. The Morgan fingerprint density at radius 2 is 2.25 bits per heavy atom. The van der Waals surface area contributed by atoms with Crippen LogP contribution < -0.4 is 0 Å². The molecule has 0 aromatic carbocycles. The summed E-state index contributed by atoms with van der Waals surface area (Å²) in [5, 5.41) is 9.60. The number of nitrogens with zero attached hydrogens (tertiary/aromatic N) is 2. The van der Waals surface area contributed by atoms with Gasteiger partial charge in [-0.25, -0.2) is 4.98 Å². The van der Waals surface area contributed by atoms with E-state index in [1.807, 2.05) is 6.07 Å². The average Bonchev–Trinajstić information content (AvgIpc) is 2.82. The van der Waals surface area contributed by atoms with Crippen molar-refractivity contribution in [3.63, 3.8) is 0 Å². The molecule has 0 aliphatic rings. The molecule has 2 rings (SSSR count). The summed E-state index contributed by atoms with van der Waals surface area (Å²) < 4.78 is 1.12. The molecule has 0 unspecified atom stereocenters. The number of hydrogen-bond acceptors (Lipinski definition) is 4. The van der Waals surface area contributed by atoms with Crippen molar-refractivity contribution in [3.05, 3.63) is 25.8 Å². The summed E-state index contributed by atoms with van der Waals surface area (Å²) in [6.07, 6.45) is 1.30. The Morgan fingerprint density at radius 1 is 1.44 bits per heavy atom. The lowest BCUT2D eigenvalue weighted by atomic mass is 10.3. The van der Waals surface area contributed by atoms with Gasteiger partial charge >= 0.3 is 0 Å².